The van der Waals surface area contributed by atoms with Crippen molar-refractivity contribution in [3.05, 3.63) is 46.3 Å². The second kappa shape index (κ2) is 8.76. The molecule has 3 rings (SSSR count). The molecule has 154 valence electrons. The molecule has 11 heteroatoms. The van der Waals surface area contributed by atoms with Crippen molar-refractivity contribution in [1.29, 1.82) is 0 Å². The number of amides is 1. The molecule has 0 aliphatic heterocycles. The predicted molar refractivity (Wildman–Crippen MR) is 109 cm³/mol. The molecule has 0 aliphatic carbocycles. The van der Waals surface area contributed by atoms with Gasteiger partial charge in [-0.3, -0.25) is 4.79 Å². The Kier molecular flexibility index (Phi) is 6.55. The summed E-state index contributed by atoms with van der Waals surface area (Å²) in [6, 6.07) is 6.64. The molecule has 0 saturated carbocycles. The normalized spacial score (nSPS) is 12.8. The first-order valence-corrected chi connectivity index (χ1v) is 10.7. The highest BCUT2D eigenvalue weighted by atomic mass is 35.5. The van der Waals surface area contributed by atoms with Gasteiger partial charge < -0.3 is 9.88 Å². The van der Waals surface area contributed by atoms with Gasteiger partial charge in [0.2, 0.25) is 5.91 Å². The number of nitrogens with zero attached hydrogens (tertiary/aromatic N) is 3. The molecule has 0 bridgehead atoms. The maximum absolute atomic E-state index is 12.9. The minimum Gasteiger partial charge on any atom is -0.324 e. The monoisotopic (exact) mass is 460 g/mol. The maximum Gasteiger partial charge on any atom is 0.416 e. The molecule has 1 aromatic carbocycles. The summed E-state index contributed by atoms with van der Waals surface area (Å²) in [7, 11) is 0. The zero-order valence-corrected chi connectivity index (χ0v) is 17.7. The molecule has 1 amide bonds. The molecular formula is C18H16ClF3N4OS2. The molecule has 0 saturated heterocycles. The molecule has 3 aromatic rings. The van der Waals surface area contributed by atoms with Gasteiger partial charge in [-0.2, -0.15) is 13.2 Å². The second-order valence-corrected chi connectivity index (χ2v) is 8.63. The van der Waals surface area contributed by atoms with E-state index in [9.17, 15) is 18.0 Å². The number of anilines is 1. The lowest BCUT2D eigenvalue weighted by atomic mass is 10.2. The maximum atomic E-state index is 12.9. The van der Waals surface area contributed by atoms with Crippen LogP contribution in [0, 0.1) is 0 Å². The minimum absolute atomic E-state index is 0.0280. The van der Waals surface area contributed by atoms with Gasteiger partial charge in [0.15, 0.2) is 11.0 Å². The summed E-state index contributed by atoms with van der Waals surface area (Å²) in [4.78, 5) is 13.5. The van der Waals surface area contributed by atoms with Crippen LogP contribution in [0.15, 0.2) is 40.9 Å². The van der Waals surface area contributed by atoms with Crippen LogP contribution in [0.1, 0.15) is 19.4 Å². The van der Waals surface area contributed by atoms with Crippen molar-refractivity contribution < 1.29 is 18.0 Å². The van der Waals surface area contributed by atoms with Crippen molar-refractivity contribution in [2.24, 2.45) is 0 Å². The van der Waals surface area contributed by atoms with E-state index in [0.29, 0.717) is 17.5 Å². The van der Waals surface area contributed by atoms with Crippen molar-refractivity contribution in [3.63, 3.8) is 0 Å². The quantitative estimate of drug-likeness (QED) is 0.471. The van der Waals surface area contributed by atoms with Gasteiger partial charge in [0.25, 0.3) is 0 Å². The average Bonchev–Trinajstić information content (AvgIpc) is 3.31. The summed E-state index contributed by atoms with van der Waals surface area (Å²) in [5, 5.41) is 12.7. The van der Waals surface area contributed by atoms with Gasteiger partial charge in [0.05, 0.1) is 26.4 Å². The van der Waals surface area contributed by atoms with Gasteiger partial charge in [0.1, 0.15) is 0 Å². The summed E-state index contributed by atoms with van der Waals surface area (Å²) in [5.74, 6) is 0.220. The molecule has 2 aromatic heterocycles. The first-order valence-electron chi connectivity index (χ1n) is 8.52. The molecular weight excluding hydrogens is 445 g/mol. The van der Waals surface area contributed by atoms with E-state index in [-0.39, 0.29) is 10.7 Å². The summed E-state index contributed by atoms with van der Waals surface area (Å²) < 4.78 is 40.6. The molecule has 0 spiro atoms. The lowest BCUT2D eigenvalue weighted by Crippen LogP contribution is -2.23. The van der Waals surface area contributed by atoms with E-state index in [1.165, 1.54) is 23.1 Å². The third-order valence-electron chi connectivity index (χ3n) is 3.98. The van der Waals surface area contributed by atoms with Crippen LogP contribution in [-0.2, 0) is 17.5 Å². The van der Waals surface area contributed by atoms with Crippen molar-refractivity contribution in [3.8, 4) is 10.7 Å². The van der Waals surface area contributed by atoms with E-state index < -0.39 is 22.9 Å². The van der Waals surface area contributed by atoms with Gasteiger partial charge >= 0.3 is 6.18 Å². The number of carbonyl (C=O) groups excluding carboxylic acids is 1. The molecule has 1 atom stereocenters. The lowest BCUT2D eigenvalue weighted by molar-refractivity contribution is -0.137. The number of thioether (sulfide) groups is 1. The highest BCUT2D eigenvalue weighted by molar-refractivity contribution is 8.00. The Labute approximate surface area is 178 Å². The number of rotatable bonds is 6. The van der Waals surface area contributed by atoms with E-state index in [2.05, 4.69) is 15.5 Å². The average molecular weight is 461 g/mol. The molecule has 0 aliphatic rings. The number of aromatic nitrogens is 3. The van der Waals surface area contributed by atoms with Crippen molar-refractivity contribution in [2.75, 3.05) is 5.32 Å². The molecule has 0 fully saturated rings. The van der Waals surface area contributed by atoms with Crippen LogP contribution >= 0.6 is 34.7 Å². The van der Waals surface area contributed by atoms with Crippen molar-refractivity contribution in [1.82, 2.24) is 14.8 Å². The smallest absolute Gasteiger partial charge is 0.324 e. The predicted octanol–water partition coefficient (Wildman–Crippen LogP) is 5.82. The van der Waals surface area contributed by atoms with Gasteiger partial charge in [-0.05, 0) is 43.5 Å². The molecule has 1 N–H and O–H groups in total. The van der Waals surface area contributed by atoms with Crippen LogP contribution in [0.4, 0.5) is 18.9 Å². The Balaban J connectivity index is 1.75. The first-order chi connectivity index (χ1) is 13.7. The zero-order chi connectivity index (χ0) is 21.2. The number of thiophene rings is 1. The van der Waals surface area contributed by atoms with E-state index in [0.717, 1.165) is 23.1 Å². The Hall–Kier alpha value is -2.04. The fourth-order valence-electron chi connectivity index (χ4n) is 2.49. The SMILES string of the molecule is CCn1c(SC(C)C(=O)Nc2cc(C(F)(F)F)ccc2Cl)nnc1-c1cccs1. The van der Waals surface area contributed by atoms with Gasteiger partial charge in [-0.25, -0.2) is 0 Å². The Bertz CT molecular complexity index is 1010. The summed E-state index contributed by atoms with van der Waals surface area (Å²) in [6.45, 7) is 4.19. The molecule has 0 radical (unpaired) electrons. The van der Waals surface area contributed by atoms with E-state index >= 15 is 0 Å². The van der Waals surface area contributed by atoms with Crippen LogP contribution in [-0.4, -0.2) is 25.9 Å². The van der Waals surface area contributed by atoms with Crippen LogP contribution in [0.2, 0.25) is 5.02 Å². The summed E-state index contributed by atoms with van der Waals surface area (Å²) >= 11 is 8.65. The van der Waals surface area contributed by atoms with Crippen LogP contribution < -0.4 is 5.32 Å². The summed E-state index contributed by atoms with van der Waals surface area (Å²) in [6.07, 6.45) is -4.53. The second-order valence-electron chi connectivity index (χ2n) is 5.97. The fraction of sp³-hybridized carbons (Fsp3) is 0.278. The molecule has 5 nitrogen and oxygen atoms in total. The number of carbonyl (C=O) groups is 1. The lowest BCUT2D eigenvalue weighted by Gasteiger charge is -2.15. The number of alkyl halides is 3. The fourth-order valence-corrected chi connectivity index (χ4v) is 4.29. The largest absolute Gasteiger partial charge is 0.416 e. The molecule has 2 heterocycles. The Morgan fingerprint density at radius 3 is 2.72 bits per heavy atom. The van der Waals surface area contributed by atoms with Crippen LogP contribution in [0.3, 0.4) is 0 Å². The summed E-state index contributed by atoms with van der Waals surface area (Å²) in [5.41, 5.74) is -0.973. The van der Waals surface area contributed by atoms with E-state index in [1.807, 2.05) is 29.0 Å². The minimum atomic E-state index is -4.53. The standard InChI is InChI=1S/C18H16ClF3N4OS2/c1-3-26-15(14-5-4-8-28-14)24-25-17(26)29-10(2)16(27)23-13-9-11(18(20,21)22)6-7-12(13)19/h4-10H,3H2,1-2H3,(H,23,27). The number of hydrogen-bond acceptors (Lipinski definition) is 5. The van der Waals surface area contributed by atoms with Crippen LogP contribution in [0.25, 0.3) is 10.7 Å². The highest BCUT2D eigenvalue weighted by Crippen LogP contribution is 2.34. The zero-order valence-electron chi connectivity index (χ0n) is 15.3. The van der Waals surface area contributed by atoms with Gasteiger partial charge in [-0.15, -0.1) is 21.5 Å². The van der Waals surface area contributed by atoms with E-state index in [1.54, 1.807) is 6.92 Å². The number of hydrogen-bond donors (Lipinski definition) is 1. The van der Waals surface area contributed by atoms with Gasteiger partial charge in [0, 0.05) is 6.54 Å². The highest BCUT2D eigenvalue weighted by Gasteiger charge is 2.31. The van der Waals surface area contributed by atoms with Crippen molar-refractivity contribution in [2.45, 2.75) is 37.0 Å². The van der Waals surface area contributed by atoms with Crippen LogP contribution in [0.5, 0.6) is 0 Å². The third-order valence-corrected chi connectivity index (χ3v) is 6.25. The number of nitrogens with one attached hydrogen (secondary N) is 1. The van der Waals surface area contributed by atoms with Crippen molar-refractivity contribution >= 4 is 46.3 Å². The molecule has 29 heavy (non-hydrogen) atoms. The van der Waals surface area contributed by atoms with Gasteiger partial charge in [-0.1, -0.05) is 29.4 Å². The number of benzene rings is 1. The molecule has 1 unspecified atom stereocenters. The van der Waals surface area contributed by atoms with E-state index in [4.69, 9.17) is 11.6 Å². The Morgan fingerprint density at radius 2 is 2.10 bits per heavy atom. The Morgan fingerprint density at radius 1 is 1.34 bits per heavy atom. The first kappa shape index (κ1) is 21.7. The topological polar surface area (TPSA) is 59.8 Å². The number of halogens is 4. The third kappa shape index (κ3) is 4.93.